The Balaban J connectivity index is 0.000000253. The molecule has 0 aliphatic rings. The standard InChI is InChI=1S/C17H12F3N3O.C7H6Cl2N2S/c18-17(19,20)24-15-7-5-14(6-8-15)23-10-16(22-11-23)13-3-1-12(9-21)2-4-13;8-4-2-1-3-5(9)6(4)11-7(10)12/h1-11,21H;1-3H,(H3,10,11,12). The highest BCUT2D eigenvalue weighted by molar-refractivity contribution is 7.80. The van der Waals surface area contributed by atoms with Gasteiger partial charge in [0.05, 0.1) is 27.8 Å². The second kappa shape index (κ2) is 11.9. The number of hydrogen-bond donors (Lipinski definition) is 3. The molecule has 3 aromatic carbocycles. The third-order valence-corrected chi connectivity index (χ3v) is 5.27. The highest BCUT2D eigenvalue weighted by Gasteiger charge is 2.30. The quantitative estimate of drug-likeness (QED) is 0.182. The van der Waals surface area contributed by atoms with Gasteiger partial charge in [0, 0.05) is 23.7 Å². The van der Waals surface area contributed by atoms with Crippen molar-refractivity contribution in [3.8, 4) is 22.7 Å². The van der Waals surface area contributed by atoms with Gasteiger partial charge in [-0.3, -0.25) is 0 Å². The molecule has 0 saturated heterocycles. The second-order valence-corrected chi connectivity index (χ2v) is 8.31. The SMILES string of the molecule is N=Cc1ccc(-c2cn(-c3ccc(OC(F)(F)F)cc3)cn2)cc1.NC(=S)Nc1c(Cl)cccc1Cl. The minimum absolute atomic E-state index is 0.144. The van der Waals surface area contributed by atoms with Crippen LogP contribution < -0.4 is 15.8 Å². The van der Waals surface area contributed by atoms with E-state index in [2.05, 4.69) is 27.3 Å². The summed E-state index contributed by atoms with van der Waals surface area (Å²) in [5.41, 5.74) is 8.88. The number of aromatic nitrogens is 2. The van der Waals surface area contributed by atoms with E-state index in [9.17, 15) is 13.2 Å². The molecule has 4 aromatic rings. The summed E-state index contributed by atoms with van der Waals surface area (Å²) in [6.45, 7) is 0. The van der Waals surface area contributed by atoms with Crippen LogP contribution in [0.2, 0.25) is 10.0 Å². The average molecular weight is 552 g/mol. The Morgan fingerprint density at radius 1 is 1.03 bits per heavy atom. The van der Waals surface area contributed by atoms with Gasteiger partial charge in [-0.2, -0.15) is 0 Å². The Bertz CT molecular complexity index is 1320. The van der Waals surface area contributed by atoms with Gasteiger partial charge in [0.1, 0.15) is 5.75 Å². The fourth-order valence-corrected chi connectivity index (χ4v) is 3.52. The summed E-state index contributed by atoms with van der Waals surface area (Å²) < 4.78 is 42.0. The van der Waals surface area contributed by atoms with Gasteiger partial charge >= 0.3 is 6.36 Å². The predicted molar refractivity (Wildman–Crippen MR) is 140 cm³/mol. The van der Waals surface area contributed by atoms with Gasteiger partial charge in [-0.15, -0.1) is 13.2 Å². The molecular weight excluding hydrogens is 534 g/mol. The molecule has 1 heterocycles. The zero-order valence-electron chi connectivity index (χ0n) is 18.3. The Labute approximate surface area is 219 Å². The Morgan fingerprint density at radius 3 is 2.17 bits per heavy atom. The van der Waals surface area contributed by atoms with Crippen LogP contribution in [-0.4, -0.2) is 27.2 Å². The lowest BCUT2D eigenvalue weighted by molar-refractivity contribution is -0.274. The van der Waals surface area contributed by atoms with Gasteiger partial charge in [-0.1, -0.05) is 53.5 Å². The highest BCUT2D eigenvalue weighted by atomic mass is 35.5. The fraction of sp³-hybridized carbons (Fsp3) is 0.0417. The molecule has 0 aliphatic heterocycles. The minimum Gasteiger partial charge on any atom is -0.406 e. The van der Waals surface area contributed by atoms with E-state index in [1.54, 1.807) is 35.3 Å². The average Bonchev–Trinajstić information content (AvgIpc) is 3.32. The second-order valence-electron chi connectivity index (χ2n) is 7.06. The number of imidazole rings is 1. The van der Waals surface area contributed by atoms with E-state index in [0.717, 1.165) is 16.8 Å². The molecule has 0 spiro atoms. The molecule has 0 aliphatic carbocycles. The van der Waals surface area contributed by atoms with Crippen LogP contribution in [0.5, 0.6) is 5.75 Å². The van der Waals surface area contributed by atoms with Gasteiger partial charge in [0.15, 0.2) is 5.11 Å². The summed E-state index contributed by atoms with van der Waals surface area (Å²) in [6.07, 6.45) is -0.0855. The Morgan fingerprint density at radius 2 is 1.64 bits per heavy atom. The Kier molecular flexibility index (Phi) is 8.92. The van der Waals surface area contributed by atoms with Gasteiger partial charge in [-0.25, -0.2) is 4.98 Å². The third kappa shape index (κ3) is 7.70. The van der Waals surface area contributed by atoms with Gasteiger partial charge in [-0.05, 0) is 54.2 Å². The Hall–Kier alpha value is -3.60. The van der Waals surface area contributed by atoms with Crippen LogP contribution in [0.15, 0.2) is 79.3 Å². The summed E-state index contributed by atoms with van der Waals surface area (Å²) in [6, 6.07) is 18.0. The summed E-state index contributed by atoms with van der Waals surface area (Å²) in [5, 5.41) is 11.0. The fourth-order valence-electron chi connectivity index (χ4n) is 2.92. The van der Waals surface area contributed by atoms with Crippen molar-refractivity contribution in [2.24, 2.45) is 5.73 Å². The molecule has 186 valence electrons. The van der Waals surface area contributed by atoms with Crippen LogP contribution in [-0.2, 0) is 0 Å². The van der Waals surface area contributed by atoms with Gasteiger partial charge < -0.3 is 25.8 Å². The highest BCUT2D eigenvalue weighted by Crippen LogP contribution is 2.29. The molecule has 0 radical (unpaired) electrons. The van der Waals surface area contributed by atoms with Crippen LogP contribution in [0, 0.1) is 5.41 Å². The topological polar surface area (TPSA) is 89.0 Å². The molecule has 4 N–H and O–H groups in total. The van der Waals surface area contributed by atoms with Crippen LogP contribution in [0.3, 0.4) is 0 Å². The van der Waals surface area contributed by atoms with E-state index in [-0.39, 0.29) is 10.9 Å². The molecule has 0 amide bonds. The smallest absolute Gasteiger partial charge is 0.406 e. The maximum atomic E-state index is 12.2. The van der Waals surface area contributed by atoms with E-state index in [1.165, 1.54) is 30.5 Å². The van der Waals surface area contributed by atoms with Gasteiger partial charge in [0.2, 0.25) is 0 Å². The number of anilines is 1. The number of thiocarbonyl (C=S) groups is 1. The molecule has 1 aromatic heterocycles. The van der Waals surface area contributed by atoms with Crippen LogP contribution in [0.25, 0.3) is 16.9 Å². The van der Waals surface area contributed by atoms with E-state index in [0.29, 0.717) is 21.4 Å². The zero-order chi connectivity index (χ0) is 26.3. The van der Waals surface area contributed by atoms with E-state index >= 15 is 0 Å². The molecule has 0 bridgehead atoms. The number of alkyl halides is 3. The molecular formula is C24H18Cl2F3N5OS. The van der Waals surface area contributed by atoms with Crippen molar-refractivity contribution in [2.45, 2.75) is 6.36 Å². The molecule has 4 rings (SSSR count). The first kappa shape index (κ1) is 27.0. The molecule has 6 nitrogen and oxygen atoms in total. The van der Waals surface area contributed by atoms with Crippen molar-refractivity contribution in [2.75, 3.05) is 5.32 Å². The van der Waals surface area contributed by atoms with Crippen LogP contribution >= 0.6 is 35.4 Å². The lowest BCUT2D eigenvalue weighted by atomic mass is 10.1. The number of hydrogen-bond acceptors (Lipinski definition) is 4. The number of nitrogens with one attached hydrogen (secondary N) is 2. The molecule has 0 atom stereocenters. The van der Waals surface area contributed by atoms with E-state index < -0.39 is 6.36 Å². The maximum absolute atomic E-state index is 12.2. The lowest BCUT2D eigenvalue weighted by Crippen LogP contribution is -2.19. The first-order chi connectivity index (χ1) is 17.1. The molecule has 0 fully saturated rings. The lowest BCUT2D eigenvalue weighted by Gasteiger charge is -2.09. The van der Waals surface area contributed by atoms with Crippen molar-refractivity contribution in [1.82, 2.24) is 9.55 Å². The van der Waals surface area contributed by atoms with Crippen molar-refractivity contribution in [1.29, 1.82) is 5.41 Å². The van der Waals surface area contributed by atoms with Crippen LogP contribution in [0.4, 0.5) is 18.9 Å². The predicted octanol–water partition coefficient (Wildman–Crippen LogP) is 7.08. The summed E-state index contributed by atoms with van der Waals surface area (Å²) in [7, 11) is 0. The number of nitrogens with two attached hydrogens (primary N) is 1. The first-order valence-electron chi connectivity index (χ1n) is 10.1. The normalized spacial score (nSPS) is 10.7. The van der Waals surface area contributed by atoms with Crippen molar-refractivity contribution >= 4 is 52.4 Å². The number of para-hydroxylation sites is 1. The number of rotatable bonds is 5. The van der Waals surface area contributed by atoms with Crippen molar-refractivity contribution in [3.63, 3.8) is 0 Å². The largest absolute Gasteiger partial charge is 0.573 e. The zero-order valence-corrected chi connectivity index (χ0v) is 20.6. The molecule has 0 unspecified atom stereocenters. The molecule has 36 heavy (non-hydrogen) atoms. The summed E-state index contributed by atoms with van der Waals surface area (Å²) >= 11 is 16.3. The van der Waals surface area contributed by atoms with Crippen LogP contribution in [0.1, 0.15) is 5.56 Å². The monoisotopic (exact) mass is 551 g/mol. The van der Waals surface area contributed by atoms with Crippen molar-refractivity contribution in [3.05, 3.63) is 94.9 Å². The number of nitrogens with zero attached hydrogens (tertiary/aromatic N) is 2. The number of benzene rings is 3. The summed E-state index contributed by atoms with van der Waals surface area (Å²) in [5.74, 6) is -0.270. The third-order valence-electron chi connectivity index (χ3n) is 4.54. The maximum Gasteiger partial charge on any atom is 0.573 e. The first-order valence-corrected chi connectivity index (χ1v) is 11.2. The molecule has 12 heteroatoms. The van der Waals surface area contributed by atoms with E-state index in [4.69, 9.17) is 34.3 Å². The van der Waals surface area contributed by atoms with Crippen molar-refractivity contribution < 1.29 is 17.9 Å². The molecule has 0 saturated carbocycles. The number of ether oxygens (including phenoxy) is 1. The number of halogens is 5. The van der Waals surface area contributed by atoms with Gasteiger partial charge in [0.25, 0.3) is 0 Å². The summed E-state index contributed by atoms with van der Waals surface area (Å²) in [4.78, 5) is 4.29. The van der Waals surface area contributed by atoms with E-state index in [1.807, 2.05) is 24.3 Å². The minimum atomic E-state index is -4.70.